The van der Waals surface area contributed by atoms with E-state index in [1.165, 1.54) is 15.8 Å². The minimum absolute atomic E-state index is 0.256. The maximum absolute atomic E-state index is 5.75. The van der Waals surface area contributed by atoms with E-state index in [0.29, 0.717) is 5.92 Å². The molecule has 4 heterocycles. The first-order valence-electron chi connectivity index (χ1n) is 9.91. The number of anilines is 1. The lowest BCUT2D eigenvalue weighted by molar-refractivity contribution is 0.0331. The minimum Gasteiger partial charge on any atom is -0.379 e. The lowest BCUT2D eigenvalue weighted by atomic mass is 9.95. The van der Waals surface area contributed by atoms with Crippen LogP contribution >= 0.6 is 11.3 Å². The van der Waals surface area contributed by atoms with Crippen LogP contribution in [0.1, 0.15) is 29.6 Å². The summed E-state index contributed by atoms with van der Waals surface area (Å²) in [6, 6.07) is 0. The van der Waals surface area contributed by atoms with Gasteiger partial charge in [0.25, 0.3) is 0 Å². The summed E-state index contributed by atoms with van der Waals surface area (Å²) in [7, 11) is 1.82. The molecule has 0 radical (unpaired) electrons. The first kappa shape index (κ1) is 19.1. The summed E-state index contributed by atoms with van der Waals surface area (Å²) < 4.78 is 11.2. The van der Waals surface area contributed by atoms with Crippen molar-refractivity contribution in [3.05, 3.63) is 16.3 Å². The van der Waals surface area contributed by atoms with Crippen molar-refractivity contribution in [2.45, 2.75) is 39.8 Å². The molecule has 2 unspecified atom stereocenters. The van der Waals surface area contributed by atoms with E-state index in [0.717, 1.165) is 68.8 Å². The molecule has 2 saturated heterocycles. The van der Waals surface area contributed by atoms with Gasteiger partial charge in [-0.05, 0) is 31.7 Å². The van der Waals surface area contributed by atoms with E-state index < -0.39 is 0 Å². The molecule has 6 nitrogen and oxygen atoms in total. The molecule has 0 saturated carbocycles. The number of aryl methyl sites for hydroxylation is 2. The molecule has 2 fully saturated rings. The number of hydrogen-bond donors (Lipinski definition) is 0. The van der Waals surface area contributed by atoms with Gasteiger partial charge in [0.1, 0.15) is 16.5 Å². The van der Waals surface area contributed by atoms with Crippen molar-refractivity contribution in [1.82, 2.24) is 14.9 Å². The Balaban J connectivity index is 1.70. The Bertz CT molecular complexity index is 803. The summed E-state index contributed by atoms with van der Waals surface area (Å²) in [5, 5.41) is 1.23. The zero-order valence-electron chi connectivity index (χ0n) is 16.8. The van der Waals surface area contributed by atoms with E-state index in [2.05, 4.69) is 30.6 Å². The third-order valence-electron chi connectivity index (χ3n) is 6.02. The molecule has 2 aromatic heterocycles. The second kappa shape index (κ2) is 7.99. The van der Waals surface area contributed by atoms with Crippen LogP contribution in [0.2, 0.25) is 0 Å². The highest BCUT2D eigenvalue weighted by Gasteiger charge is 2.29. The summed E-state index contributed by atoms with van der Waals surface area (Å²) >= 11 is 1.79. The van der Waals surface area contributed by atoms with Crippen LogP contribution in [0.15, 0.2) is 0 Å². The molecule has 0 bridgehead atoms. The van der Waals surface area contributed by atoms with Crippen LogP contribution in [0.25, 0.3) is 10.2 Å². The van der Waals surface area contributed by atoms with Crippen molar-refractivity contribution in [2.24, 2.45) is 5.92 Å². The molecule has 0 spiro atoms. The summed E-state index contributed by atoms with van der Waals surface area (Å²) in [5.74, 6) is 2.61. The van der Waals surface area contributed by atoms with Gasteiger partial charge < -0.3 is 14.4 Å². The third-order valence-corrected chi connectivity index (χ3v) is 7.12. The van der Waals surface area contributed by atoms with Crippen LogP contribution in [-0.2, 0) is 16.0 Å². The van der Waals surface area contributed by atoms with Gasteiger partial charge in [0.2, 0.25) is 0 Å². The predicted molar refractivity (Wildman–Crippen MR) is 110 cm³/mol. The first-order valence-corrected chi connectivity index (χ1v) is 10.7. The van der Waals surface area contributed by atoms with Crippen molar-refractivity contribution in [2.75, 3.05) is 51.4 Å². The van der Waals surface area contributed by atoms with E-state index in [1.807, 2.05) is 7.11 Å². The summed E-state index contributed by atoms with van der Waals surface area (Å²) in [6.07, 6.45) is 1.39. The highest BCUT2D eigenvalue weighted by molar-refractivity contribution is 7.18. The molecule has 27 heavy (non-hydrogen) atoms. The molecule has 0 aliphatic carbocycles. The molecular weight excluding hydrogens is 360 g/mol. The maximum Gasteiger partial charge on any atom is 0.146 e. The fourth-order valence-corrected chi connectivity index (χ4v) is 5.11. The van der Waals surface area contributed by atoms with Crippen LogP contribution in [0.4, 0.5) is 5.82 Å². The Morgan fingerprint density at radius 3 is 2.70 bits per heavy atom. The standard InChI is InChI=1S/C20H30N4O2S/c1-13-5-6-24(11-16(13)25-4)19-18-14(2)15(3)27-20(18)22-17(21-19)12-23-7-9-26-10-8-23/h13,16H,5-12H2,1-4H3. The molecular formula is C20H30N4O2S. The number of methoxy groups -OCH3 is 1. The molecule has 0 N–H and O–H groups in total. The molecule has 0 aromatic carbocycles. The Kier molecular flexibility index (Phi) is 5.64. The number of aromatic nitrogens is 2. The molecule has 2 aliphatic rings. The largest absolute Gasteiger partial charge is 0.379 e. The van der Waals surface area contributed by atoms with Gasteiger partial charge in [-0.25, -0.2) is 9.97 Å². The van der Waals surface area contributed by atoms with Crippen LogP contribution in [-0.4, -0.2) is 67.5 Å². The first-order chi connectivity index (χ1) is 13.1. The summed E-state index contributed by atoms with van der Waals surface area (Å²) in [4.78, 5) is 17.2. The number of thiophene rings is 1. The van der Waals surface area contributed by atoms with Gasteiger partial charge in [0.05, 0.1) is 31.2 Å². The van der Waals surface area contributed by atoms with E-state index in [4.69, 9.17) is 19.4 Å². The van der Waals surface area contributed by atoms with Crippen molar-refractivity contribution in [1.29, 1.82) is 0 Å². The van der Waals surface area contributed by atoms with E-state index in [-0.39, 0.29) is 6.10 Å². The number of hydrogen-bond acceptors (Lipinski definition) is 7. The molecule has 4 rings (SSSR count). The van der Waals surface area contributed by atoms with Gasteiger partial charge in [-0.15, -0.1) is 11.3 Å². The molecule has 148 valence electrons. The number of piperidine rings is 1. The highest BCUT2D eigenvalue weighted by Crippen LogP contribution is 2.36. The number of ether oxygens (including phenoxy) is 2. The second-order valence-corrected chi connectivity index (χ2v) is 9.00. The number of morpholine rings is 1. The van der Waals surface area contributed by atoms with Crippen LogP contribution in [0, 0.1) is 19.8 Å². The van der Waals surface area contributed by atoms with Gasteiger partial charge in [-0.2, -0.15) is 0 Å². The van der Waals surface area contributed by atoms with Crippen molar-refractivity contribution in [3.63, 3.8) is 0 Å². The van der Waals surface area contributed by atoms with Gasteiger partial charge >= 0.3 is 0 Å². The highest BCUT2D eigenvalue weighted by atomic mass is 32.1. The Morgan fingerprint density at radius 2 is 1.96 bits per heavy atom. The van der Waals surface area contributed by atoms with E-state index in [1.54, 1.807) is 11.3 Å². The Hall–Kier alpha value is -1.28. The average Bonchev–Trinajstić information content (AvgIpc) is 2.96. The van der Waals surface area contributed by atoms with Crippen molar-refractivity contribution in [3.8, 4) is 0 Å². The predicted octanol–water partition coefficient (Wildman–Crippen LogP) is 3.00. The molecule has 2 aliphatic heterocycles. The van der Waals surface area contributed by atoms with E-state index in [9.17, 15) is 0 Å². The normalized spacial score (nSPS) is 24.7. The Labute approximate surface area is 165 Å². The topological polar surface area (TPSA) is 50.7 Å². The van der Waals surface area contributed by atoms with Gasteiger partial charge in [0, 0.05) is 38.2 Å². The maximum atomic E-state index is 5.75. The zero-order chi connectivity index (χ0) is 19.0. The van der Waals surface area contributed by atoms with Crippen LogP contribution < -0.4 is 4.90 Å². The minimum atomic E-state index is 0.256. The molecule has 7 heteroatoms. The zero-order valence-corrected chi connectivity index (χ0v) is 17.6. The second-order valence-electron chi connectivity index (χ2n) is 7.80. The fourth-order valence-electron chi connectivity index (χ4n) is 4.06. The van der Waals surface area contributed by atoms with Crippen LogP contribution in [0.5, 0.6) is 0 Å². The number of nitrogens with zero attached hydrogens (tertiary/aromatic N) is 4. The van der Waals surface area contributed by atoms with Crippen molar-refractivity contribution < 1.29 is 9.47 Å². The molecule has 2 aromatic rings. The van der Waals surface area contributed by atoms with Gasteiger partial charge in [0.15, 0.2) is 0 Å². The summed E-state index contributed by atoms with van der Waals surface area (Å²) in [5.41, 5.74) is 1.32. The quantitative estimate of drug-likeness (QED) is 0.800. The number of rotatable bonds is 4. The fraction of sp³-hybridized carbons (Fsp3) is 0.700. The smallest absolute Gasteiger partial charge is 0.146 e. The monoisotopic (exact) mass is 390 g/mol. The van der Waals surface area contributed by atoms with Crippen LogP contribution in [0.3, 0.4) is 0 Å². The third kappa shape index (κ3) is 3.83. The summed E-state index contributed by atoms with van der Waals surface area (Å²) in [6.45, 7) is 12.9. The van der Waals surface area contributed by atoms with Crippen molar-refractivity contribution >= 4 is 27.4 Å². The lowest BCUT2D eigenvalue weighted by Crippen LogP contribution is -2.44. The van der Waals surface area contributed by atoms with Gasteiger partial charge in [-0.1, -0.05) is 6.92 Å². The SMILES string of the molecule is COC1CN(c2nc(CN3CCOCC3)nc3sc(C)c(C)c23)CCC1C. The van der Waals surface area contributed by atoms with Gasteiger partial charge in [-0.3, -0.25) is 4.90 Å². The lowest BCUT2D eigenvalue weighted by Gasteiger charge is -2.37. The molecule has 0 amide bonds. The number of fused-ring (bicyclic) bond motifs is 1. The van der Waals surface area contributed by atoms with E-state index >= 15 is 0 Å². The molecule has 2 atom stereocenters. The Morgan fingerprint density at radius 1 is 1.19 bits per heavy atom. The average molecular weight is 391 g/mol.